The molecule has 0 unspecified atom stereocenters. The number of nitrogens with one attached hydrogen (secondary N) is 1. The van der Waals surface area contributed by atoms with Crippen LogP contribution in [0.4, 0.5) is 5.69 Å². The maximum absolute atomic E-state index is 5.98. The van der Waals surface area contributed by atoms with E-state index in [4.69, 9.17) is 11.6 Å². The van der Waals surface area contributed by atoms with Crippen molar-refractivity contribution in [2.75, 3.05) is 5.32 Å². The van der Waals surface area contributed by atoms with Gasteiger partial charge in [0.1, 0.15) is 0 Å². The van der Waals surface area contributed by atoms with Crippen LogP contribution >= 0.6 is 11.6 Å². The molecule has 0 aliphatic carbocycles. The van der Waals surface area contributed by atoms with Crippen molar-refractivity contribution in [3.05, 3.63) is 40.9 Å². The van der Waals surface area contributed by atoms with Crippen molar-refractivity contribution in [3.63, 3.8) is 0 Å². The van der Waals surface area contributed by atoms with Crippen LogP contribution in [0.15, 0.2) is 24.5 Å². The molecular formula is C11H13ClN4. The molecule has 2 heterocycles. The van der Waals surface area contributed by atoms with Crippen molar-refractivity contribution in [2.45, 2.75) is 13.5 Å². The third-order valence-electron chi connectivity index (χ3n) is 2.36. The number of aromatic nitrogens is 3. The lowest BCUT2D eigenvalue weighted by Gasteiger charge is -2.08. The van der Waals surface area contributed by atoms with Gasteiger partial charge in [-0.1, -0.05) is 11.6 Å². The lowest BCUT2D eigenvalue weighted by Crippen LogP contribution is -2.06. The number of anilines is 1. The molecule has 4 nitrogen and oxygen atoms in total. The maximum Gasteiger partial charge on any atom is 0.152 e. The van der Waals surface area contributed by atoms with Gasteiger partial charge in [0.25, 0.3) is 0 Å². The van der Waals surface area contributed by atoms with E-state index >= 15 is 0 Å². The molecular weight excluding hydrogens is 224 g/mol. The monoisotopic (exact) mass is 236 g/mol. The zero-order valence-corrected chi connectivity index (χ0v) is 9.99. The lowest BCUT2D eigenvalue weighted by atomic mass is 10.3. The van der Waals surface area contributed by atoms with E-state index in [-0.39, 0.29) is 0 Å². The van der Waals surface area contributed by atoms with Crippen molar-refractivity contribution in [3.8, 4) is 0 Å². The summed E-state index contributed by atoms with van der Waals surface area (Å²) in [4.78, 5) is 4.08. The van der Waals surface area contributed by atoms with Crippen LogP contribution in [0.3, 0.4) is 0 Å². The summed E-state index contributed by atoms with van der Waals surface area (Å²) in [6.45, 7) is 2.67. The fourth-order valence-corrected chi connectivity index (χ4v) is 1.61. The number of halogens is 1. The quantitative estimate of drug-likeness (QED) is 0.833. The SMILES string of the molecule is Cc1cnc(Cl)c(NCc2ccnn2C)c1. The molecule has 0 bridgehead atoms. The van der Waals surface area contributed by atoms with Gasteiger partial charge < -0.3 is 5.32 Å². The van der Waals surface area contributed by atoms with E-state index in [1.165, 1.54) is 0 Å². The predicted molar refractivity (Wildman–Crippen MR) is 64.5 cm³/mol. The molecule has 0 aromatic carbocycles. The molecule has 16 heavy (non-hydrogen) atoms. The largest absolute Gasteiger partial charge is 0.377 e. The molecule has 0 aliphatic rings. The molecule has 0 saturated heterocycles. The molecule has 0 radical (unpaired) electrons. The second kappa shape index (κ2) is 4.53. The van der Waals surface area contributed by atoms with E-state index in [0.717, 1.165) is 16.9 Å². The highest BCUT2D eigenvalue weighted by molar-refractivity contribution is 6.31. The molecule has 2 aromatic heterocycles. The Balaban J connectivity index is 2.10. The summed E-state index contributed by atoms with van der Waals surface area (Å²) >= 11 is 5.98. The summed E-state index contributed by atoms with van der Waals surface area (Å²) < 4.78 is 1.82. The lowest BCUT2D eigenvalue weighted by molar-refractivity contribution is 0.720. The van der Waals surface area contributed by atoms with Gasteiger partial charge in [0, 0.05) is 19.4 Å². The third-order valence-corrected chi connectivity index (χ3v) is 2.66. The average Bonchev–Trinajstić information content (AvgIpc) is 2.66. The van der Waals surface area contributed by atoms with Crippen LogP contribution in [-0.4, -0.2) is 14.8 Å². The Morgan fingerprint density at radius 1 is 1.50 bits per heavy atom. The number of rotatable bonds is 3. The summed E-state index contributed by atoms with van der Waals surface area (Å²) in [6.07, 6.45) is 3.52. The average molecular weight is 237 g/mol. The molecule has 2 aromatic rings. The number of hydrogen-bond donors (Lipinski definition) is 1. The zero-order chi connectivity index (χ0) is 11.5. The predicted octanol–water partition coefficient (Wildman–Crippen LogP) is 2.39. The summed E-state index contributed by atoms with van der Waals surface area (Å²) in [7, 11) is 1.91. The molecule has 0 spiro atoms. The van der Waals surface area contributed by atoms with Crippen LogP contribution in [0.5, 0.6) is 0 Å². The normalized spacial score (nSPS) is 10.4. The molecule has 0 saturated carbocycles. The Kier molecular flexibility index (Phi) is 3.10. The zero-order valence-electron chi connectivity index (χ0n) is 9.24. The minimum Gasteiger partial charge on any atom is -0.377 e. The first-order valence-electron chi connectivity index (χ1n) is 4.99. The van der Waals surface area contributed by atoms with E-state index in [0.29, 0.717) is 11.7 Å². The van der Waals surface area contributed by atoms with E-state index in [9.17, 15) is 0 Å². The van der Waals surface area contributed by atoms with Crippen LogP contribution in [0.25, 0.3) is 0 Å². The number of hydrogen-bond acceptors (Lipinski definition) is 3. The molecule has 5 heteroatoms. The fraction of sp³-hybridized carbons (Fsp3) is 0.273. The molecule has 2 rings (SSSR count). The number of pyridine rings is 1. The smallest absolute Gasteiger partial charge is 0.152 e. The highest BCUT2D eigenvalue weighted by Crippen LogP contribution is 2.20. The molecule has 1 N–H and O–H groups in total. The second-order valence-corrected chi connectivity index (χ2v) is 4.01. The van der Waals surface area contributed by atoms with Gasteiger partial charge in [-0.2, -0.15) is 5.10 Å². The van der Waals surface area contributed by atoms with Crippen molar-refractivity contribution in [1.29, 1.82) is 0 Å². The first-order valence-corrected chi connectivity index (χ1v) is 5.37. The van der Waals surface area contributed by atoms with Gasteiger partial charge in [-0.3, -0.25) is 4.68 Å². The van der Waals surface area contributed by atoms with Crippen LogP contribution in [0.1, 0.15) is 11.3 Å². The molecule has 0 fully saturated rings. The van der Waals surface area contributed by atoms with Gasteiger partial charge in [0.05, 0.1) is 17.9 Å². The minimum atomic E-state index is 0.493. The van der Waals surface area contributed by atoms with E-state index < -0.39 is 0 Å². The van der Waals surface area contributed by atoms with Crippen molar-refractivity contribution in [1.82, 2.24) is 14.8 Å². The Labute approximate surface area is 99.3 Å². The Hall–Kier alpha value is -1.55. The molecule has 0 amide bonds. The molecule has 0 aliphatic heterocycles. The maximum atomic E-state index is 5.98. The van der Waals surface area contributed by atoms with Gasteiger partial charge in [0.15, 0.2) is 5.15 Å². The van der Waals surface area contributed by atoms with Gasteiger partial charge in [-0.15, -0.1) is 0 Å². The van der Waals surface area contributed by atoms with Crippen LogP contribution in [-0.2, 0) is 13.6 Å². The summed E-state index contributed by atoms with van der Waals surface area (Å²) in [5.74, 6) is 0. The van der Waals surface area contributed by atoms with Crippen molar-refractivity contribution < 1.29 is 0 Å². The number of nitrogens with zero attached hydrogens (tertiary/aromatic N) is 3. The first kappa shape index (κ1) is 11.0. The number of aryl methyl sites for hydroxylation is 2. The highest BCUT2D eigenvalue weighted by atomic mass is 35.5. The summed E-state index contributed by atoms with van der Waals surface area (Å²) in [5.41, 5.74) is 3.03. The first-order chi connectivity index (χ1) is 7.66. The Bertz CT molecular complexity index is 492. The van der Waals surface area contributed by atoms with Crippen molar-refractivity contribution >= 4 is 17.3 Å². The Morgan fingerprint density at radius 3 is 3.00 bits per heavy atom. The summed E-state index contributed by atoms with van der Waals surface area (Å²) in [5, 5.41) is 7.83. The molecule has 84 valence electrons. The van der Waals surface area contributed by atoms with Crippen LogP contribution in [0.2, 0.25) is 5.15 Å². The van der Waals surface area contributed by atoms with E-state index in [2.05, 4.69) is 15.4 Å². The standard InChI is InChI=1S/C11H13ClN4/c1-8-5-10(11(12)14-6-8)13-7-9-3-4-15-16(9)2/h3-6,13H,7H2,1-2H3. The van der Waals surface area contributed by atoms with Gasteiger partial charge in [-0.25, -0.2) is 4.98 Å². The summed E-state index contributed by atoms with van der Waals surface area (Å²) in [6, 6.07) is 3.94. The molecule has 0 atom stereocenters. The fourth-order valence-electron chi connectivity index (χ4n) is 1.44. The van der Waals surface area contributed by atoms with Crippen molar-refractivity contribution in [2.24, 2.45) is 7.05 Å². The Morgan fingerprint density at radius 2 is 2.31 bits per heavy atom. The van der Waals surface area contributed by atoms with Crippen LogP contribution in [0, 0.1) is 6.92 Å². The second-order valence-electron chi connectivity index (χ2n) is 3.65. The van der Waals surface area contributed by atoms with Gasteiger partial charge in [0.2, 0.25) is 0 Å². The van der Waals surface area contributed by atoms with E-state index in [1.807, 2.05) is 30.8 Å². The van der Waals surface area contributed by atoms with E-state index in [1.54, 1.807) is 12.4 Å². The minimum absolute atomic E-state index is 0.493. The third kappa shape index (κ3) is 2.33. The van der Waals surface area contributed by atoms with Gasteiger partial charge >= 0.3 is 0 Å². The van der Waals surface area contributed by atoms with Crippen LogP contribution < -0.4 is 5.32 Å². The topological polar surface area (TPSA) is 42.7 Å². The van der Waals surface area contributed by atoms with Gasteiger partial charge in [-0.05, 0) is 24.6 Å². The highest BCUT2D eigenvalue weighted by Gasteiger charge is 2.03.